The average molecular weight is 178 g/mol. The molecule has 0 radical (unpaired) electrons. The monoisotopic (exact) mass is 178 g/mol. The van der Waals surface area contributed by atoms with E-state index >= 15 is 0 Å². The van der Waals surface area contributed by atoms with Gasteiger partial charge in [0.2, 0.25) is 0 Å². The van der Waals surface area contributed by atoms with Crippen molar-refractivity contribution in [3.63, 3.8) is 0 Å². The van der Waals surface area contributed by atoms with Gasteiger partial charge in [-0.1, -0.05) is 0 Å². The van der Waals surface area contributed by atoms with Gasteiger partial charge < -0.3 is 20.1 Å². The van der Waals surface area contributed by atoms with Gasteiger partial charge in [-0.3, -0.25) is 4.79 Å². The van der Waals surface area contributed by atoms with Crippen molar-refractivity contribution in [2.75, 3.05) is 0 Å². The maximum Gasteiger partial charge on any atom is 0.333 e. The lowest BCUT2D eigenvalue weighted by Gasteiger charge is -2.12. The molecule has 0 amide bonds. The number of carboxylic acids is 2. The molecule has 70 valence electrons. The number of rotatable bonds is 5. The van der Waals surface area contributed by atoms with Crippen LogP contribution in [0.4, 0.5) is 0 Å². The van der Waals surface area contributed by atoms with Crippen molar-refractivity contribution in [1.82, 2.24) is 0 Å². The molecule has 0 aromatic rings. The second kappa shape index (κ2) is 4.68. The Labute approximate surface area is 68.4 Å². The van der Waals surface area contributed by atoms with Crippen LogP contribution in [0.2, 0.25) is 0 Å². The maximum atomic E-state index is 10.3. The van der Waals surface area contributed by atoms with E-state index in [1.165, 1.54) is 6.92 Å². The van der Waals surface area contributed by atoms with Crippen LogP contribution >= 0.6 is 0 Å². The summed E-state index contributed by atoms with van der Waals surface area (Å²) in [6, 6.07) is 0. The highest BCUT2D eigenvalue weighted by Gasteiger charge is 2.23. The molecule has 2 atom stereocenters. The van der Waals surface area contributed by atoms with Crippen molar-refractivity contribution in [1.29, 1.82) is 0 Å². The highest BCUT2D eigenvalue weighted by Crippen LogP contribution is 2.01. The quantitative estimate of drug-likeness (QED) is 0.479. The molecule has 0 fully saturated rings. The average Bonchev–Trinajstić information content (AvgIpc) is 1.83. The van der Waals surface area contributed by atoms with E-state index in [9.17, 15) is 9.59 Å². The molecule has 0 aliphatic carbocycles. The molecular weight excluding hydrogens is 168 g/mol. The van der Waals surface area contributed by atoms with Gasteiger partial charge in [0, 0.05) is 0 Å². The van der Waals surface area contributed by atoms with E-state index < -0.39 is 30.8 Å². The largest absolute Gasteiger partial charge is 0.481 e. The van der Waals surface area contributed by atoms with Crippen LogP contribution in [0.1, 0.15) is 13.3 Å². The van der Waals surface area contributed by atoms with E-state index in [0.29, 0.717) is 0 Å². The molecular formula is C6H10O6. The summed E-state index contributed by atoms with van der Waals surface area (Å²) in [5.74, 6) is -2.69. The summed E-state index contributed by atoms with van der Waals surface area (Å²) < 4.78 is 4.40. The topological polar surface area (TPSA) is 104 Å². The fourth-order valence-corrected chi connectivity index (χ4v) is 0.590. The summed E-state index contributed by atoms with van der Waals surface area (Å²) >= 11 is 0. The molecule has 0 aliphatic heterocycles. The minimum atomic E-state index is -1.50. The van der Waals surface area contributed by atoms with Gasteiger partial charge in [0.25, 0.3) is 0 Å². The summed E-state index contributed by atoms with van der Waals surface area (Å²) in [6.07, 6.45) is -3.45. The van der Waals surface area contributed by atoms with Crippen LogP contribution < -0.4 is 0 Å². The standard InChI is InChI=1S/C6H10O6/c1-3(7)12-4(6(10)11)2-5(8)9/h3-4,7H,2H2,1H3,(H,8,9)(H,10,11). The SMILES string of the molecule is CC(O)OC(CC(=O)O)C(=O)O. The van der Waals surface area contributed by atoms with Gasteiger partial charge in [-0.2, -0.15) is 0 Å². The zero-order valence-electron chi connectivity index (χ0n) is 6.43. The maximum absolute atomic E-state index is 10.3. The zero-order chi connectivity index (χ0) is 9.72. The number of aliphatic hydroxyl groups is 1. The molecule has 0 heterocycles. The van der Waals surface area contributed by atoms with Gasteiger partial charge >= 0.3 is 11.9 Å². The van der Waals surface area contributed by atoms with Crippen LogP contribution in [0.15, 0.2) is 0 Å². The molecule has 0 bridgehead atoms. The van der Waals surface area contributed by atoms with Gasteiger partial charge in [-0.25, -0.2) is 4.79 Å². The summed E-state index contributed by atoms with van der Waals surface area (Å²) in [6.45, 7) is 1.21. The van der Waals surface area contributed by atoms with E-state index in [1.807, 2.05) is 0 Å². The van der Waals surface area contributed by atoms with Crippen molar-refractivity contribution in [2.24, 2.45) is 0 Å². The fourth-order valence-electron chi connectivity index (χ4n) is 0.590. The van der Waals surface area contributed by atoms with Gasteiger partial charge in [0.15, 0.2) is 12.4 Å². The summed E-state index contributed by atoms with van der Waals surface area (Å²) in [5, 5.41) is 25.2. The first kappa shape index (κ1) is 10.9. The molecule has 0 rings (SSSR count). The van der Waals surface area contributed by atoms with E-state index in [1.54, 1.807) is 0 Å². The van der Waals surface area contributed by atoms with Crippen molar-refractivity contribution in [2.45, 2.75) is 25.7 Å². The van der Waals surface area contributed by atoms with Crippen LogP contribution in [0.25, 0.3) is 0 Å². The number of hydrogen-bond donors (Lipinski definition) is 3. The smallest absolute Gasteiger partial charge is 0.333 e. The first-order chi connectivity index (χ1) is 5.43. The number of aliphatic hydroxyl groups excluding tert-OH is 1. The normalized spacial score (nSPS) is 15.2. The predicted octanol–water partition coefficient (Wildman–Crippen LogP) is -0.731. The van der Waals surface area contributed by atoms with Crippen LogP contribution in [-0.4, -0.2) is 39.7 Å². The first-order valence-electron chi connectivity index (χ1n) is 3.21. The Morgan fingerprint density at radius 1 is 1.42 bits per heavy atom. The highest BCUT2D eigenvalue weighted by atomic mass is 16.6. The van der Waals surface area contributed by atoms with Crippen LogP contribution in [0, 0.1) is 0 Å². The Bertz CT molecular complexity index is 175. The lowest BCUT2D eigenvalue weighted by Crippen LogP contribution is -2.30. The molecule has 0 spiro atoms. The second-order valence-electron chi connectivity index (χ2n) is 2.16. The number of aliphatic carboxylic acids is 2. The van der Waals surface area contributed by atoms with E-state index in [-0.39, 0.29) is 0 Å². The van der Waals surface area contributed by atoms with Crippen LogP contribution in [-0.2, 0) is 14.3 Å². The minimum Gasteiger partial charge on any atom is -0.481 e. The first-order valence-corrected chi connectivity index (χ1v) is 3.21. The lowest BCUT2D eigenvalue weighted by atomic mass is 10.2. The molecule has 3 N–H and O–H groups in total. The minimum absolute atomic E-state index is 0.666. The molecule has 6 heteroatoms. The van der Waals surface area contributed by atoms with Gasteiger partial charge in [-0.15, -0.1) is 0 Å². The molecule has 12 heavy (non-hydrogen) atoms. The zero-order valence-corrected chi connectivity index (χ0v) is 6.43. The third-order valence-electron chi connectivity index (χ3n) is 0.997. The molecule has 0 saturated carbocycles. The predicted molar refractivity (Wildman–Crippen MR) is 36.4 cm³/mol. The molecule has 0 aromatic heterocycles. The second-order valence-corrected chi connectivity index (χ2v) is 2.16. The number of ether oxygens (including phenoxy) is 1. The molecule has 6 nitrogen and oxygen atoms in total. The fraction of sp³-hybridized carbons (Fsp3) is 0.667. The van der Waals surface area contributed by atoms with Gasteiger partial charge in [0.05, 0.1) is 6.42 Å². The van der Waals surface area contributed by atoms with Gasteiger partial charge in [0.1, 0.15) is 0 Å². The Kier molecular flexibility index (Phi) is 4.24. The summed E-state index contributed by atoms with van der Waals surface area (Å²) in [7, 11) is 0. The van der Waals surface area contributed by atoms with E-state index in [2.05, 4.69) is 4.74 Å². The molecule has 0 aromatic carbocycles. The van der Waals surface area contributed by atoms with E-state index in [0.717, 1.165) is 0 Å². The molecule has 2 unspecified atom stereocenters. The Hall–Kier alpha value is -1.14. The van der Waals surface area contributed by atoms with Crippen molar-refractivity contribution in [3.8, 4) is 0 Å². The molecule has 0 aliphatic rings. The highest BCUT2D eigenvalue weighted by molar-refractivity contribution is 5.79. The third-order valence-corrected chi connectivity index (χ3v) is 0.997. The van der Waals surface area contributed by atoms with Gasteiger partial charge in [-0.05, 0) is 6.92 Å². The summed E-state index contributed by atoms with van der Waals surface area (Å²) in [4.78, 5) is 20.3. The van der Waals surface area contributed by atoms with Crippen molar-refractivity contribution >= 4 is 11.9 Å². The Balaban J connectivity index is 4.04. The van der Waals surface area contributed by atoms with Crippen molar-refractivity contribution in [3.05, 3.63) is 0 Å². The number of carbonyl (C=O) groups is 2. The lowest BCUT2D eigenvalue weighted by molar-refractivity contribution is -0.176. The summed E-state index contributed by atoms with van der Waals surface area (Å²) in [5.41, 5.74) is 0. The van der Waals surface area contributed by atoms with Crippen molar-refractivity contribution < 1.29 is 29.6 Å². The van der Waals surface area contributed by atoms with Crippen LogP contribution in [0.3, 0.4) is 0 Å². The number of carboxylic acid groups (broad SMARTS) is 2. The van der Waals surface area contributed by atoms with E-state index in [4.69, 9.17) is 15.3 Å². The Morgan fingerprint density at radius 3 is 2.17 bits per heavy atom. The molecule has 0 saturated heterocycles. The van der Waals surface area contributed by atoms with Crippen LogP contribution in [0.5, 0.6) is 0 Å². The Morgan fingerprint density at radius 2 is 1.92 bits per heavy atom. The third kappa shape index (κ3) is 4.64. The number of hydrogen-bond acceptors (Lipinski definition) is 4.